The lowest BCUT2D eigenvalue weighted by molar-refractivity contribution is -0.0483. The molecule has 2 heterocycles. The quantitative estimate of drug-likeness (QED) is 0.585. The van der Waals surface area contributed by atoms with Gasteiger partial charge >= 0.3 is 0 Å². The Morgan fingerprint density at radius 2 is 2.00 bits per heavy atom. The summed E-state index contributed by atoms with van der Waals surface area (Å²) in [5.41, 5.74) is 0.258. The second-order valence-electron chi connectivity index (χ2n) is 3.57. The Morgan fingerprint density at radius 1 is 1.35 bits per heavy atom. The molecule has 0 aliphatic carbocycles. The molecule has 1 unspecified atom stereocenters. The molecule has 0 aromatic carbocycles. The van der Waals surface area contributed by atoms with E-state index >= 15 is 0 Å². The Hall–Kier alpha value is -0.350. The normalized spacial score (nSPS) is 22.2. The standard InChI is InChI=1S/C9H9ClIN3O3/c10-5-1-12-8-7(6(5)11)13-9(17,14-8)4(2-15)3-16/h1,4,15-17H,2-3H2. The van der Waals surface area contributed by atoms with E-state index in [4.69, 9.17) is 21.8 Å². The number of halogens is 2. The highest BCUT2D eigenvalue weighted by Crippen LogP contribution is 2.22. The fourth-order valence-electron chi connectivity index (χ4n) is 1.46. The van der Waals surface area contributed by atoms with Crippen LogP contribution in [0.5, 0.6) is 0 Å². The smallest absolute Gasteiger partial charge is 0.264 e. The molecule has 17 heavy (non-hydrogen) atoms. The first-order valence-electron chi connectivity index (χ1n) is 4.75. The first kappa shape index (κ1) is 13.1. The number of aliphatic hydroxyl groups excluding tert-OH is 2. The number of fused-ring (bicyclic) bond motifs is 1. The maximum absolute atomic E-state index is 10.1. The second-order valence-corrected chi connectivity index (χ2v) is 5.05. The summed E-state index contributed by atoms with van der Waals surface area (Å²) in [5.74, 6) is -2.75. The van der Waals surface area contributed by atoms with Gasteiger partial charge in [-0.15, -0.1) is 0 Å². The predicted molar refractivity (Wildman–Crippen MR) is 66.9 cm³/mol. The Bertz CT molecular complexity index is 563. The van der Waals surface area contributed by atoms with Gasteiger partial charge in [-0.25, -0.2) is 15.0 Å². The van der Waals surface area contributed by atoms with Crippen LogP contribution in [0.1, 0.15) is 0 Å². The van der Waals surface area contributed by atoms with E-state index in [1.165, 1.54) is 6.20 Å². The van der Waals surface area contributed by atoms with E-state index in [9.17, 15) is 5.11 Å². The van der Waals surface area contributed by atoms with Crippen LogP contribution < -0.4 is 10.8 Å². The van der Waals surface area contributed by atoms with Gasteiger partial charge < -0.3 is 15.3 Å². The molecule has 0 spiro atoms. The van der Waals surface area contributed by atoms with Gasteiger partial charge in [-0.3, -0.25) is 0 Å². The van der Waals surface area contributed by atoms with Gasteiger partial charge in [0.1, 0.15) is 5.36 Å². The second kappa shape index (κ2) is 4.73. The van der Waals surface area contributed by atoms with Gasteiger partial charge in [0.25, 0.3) is 5.85 Å². The molecule has 92 valence electrons. The lowest BCUT2D eigenvalue weighted by Gasteiger charge is -2.23. The molecule has 0 fully saturated rings. The van der Waals surface area contributed by atoms with E-state index in [1.54, 1.807) is 0 Å². The van der Waals surface area contributed by atoms with Gasteiger partial charge in [0.2, 0.25) is 0 Å². The minimum atomic E-state index is -1.87. The Balaban J connectivity index is 2.60. The van der Waals surface area contributed by atoms with Crippen molar-refractivity contribution in [3.8, 4) is 0 Å². The summed E-state index contributed by atoms with van der Waals surface area (Å²) in [5, 5.41) is 29.1. The van der Waals surface area contributed by atoms with Crippen LogP contribution in [0.25, 0.3) is 0 Å². The molecule has 1 atom stereocenters. The topological polar surface area (TPSA) is 98.3 Å². The average molecular weight is 370 g/mol. The molecular formula is C9H9ClIN3O3. The van der Waals surface area contributed by atoms with Crippen LogP contribution in [-0.4, -0.2) is 39.4 Å². The van der Waals surface area contributed by atoms with Gasteiger partial charge in [0.05, 0.1) is 27.7 Å². The number of nitrogens with zero attached hydrogens (tertiary/aromatic N) is 3. The van der Waals surface area contributed by atoms with Gasteiger partial charge in [0.15, 0.2) is 5.49 Å². The highest BCUT2D eigenvalue weighted by Gasteiger charge is 2.38. The minimum absolute atomic E-state index is 0.258. The van der Waals surface area contributed by atoms with Gasteiger partial charge in [-0.05, 0) is 22.6 Å². The van der Waals surface area contributed by atoms with Gasteiger partial charge in [-0.2, -0.15) is 0 Å². The van der Waals surface area contributed by atoms with Crippen molar-refractivity contribution in [1.29, 1.82) is 0 Å². The molecule has 1 aromatic heterocycles. The van der Waals surface area contributed by atoms with Crippen molar-refractivity contribution in [2.45, 2.75) is 5.85 Å². The molecular weight excluding hydrogens is 360 g/mol. The molecule has 1 aromatic rings. The number of hydrogen-bond donors (Lipinski definition) is 3. The molecule has 6 nitrogen and oxygen atoms in total. The third kappa shape index (κ3) is 2.17. The first-order chi connectivity index (χ1) is 8.01. The Labute approximate surface area is 115 Å². The fraction of sp³-hybridized carbons (Fsp3) is 0.444. The van der Waals surface area contributed by atoms with Crippen molar-refractivity contribution in [3.05, 3.63) is 25.6 Å². The van der Waals surface area contributed by atoms with E-state index in [0.717, 1.165) is 0 Å². The molecule has 0 radical (unpaired) electrons. The van der Waals surface area contributed by atoms with Gasteiger partial charge in [0, 0.05) is 6.20 Å². The van der Waals surface area contributed by atoms with Crippen molar-refractivity contribution in [1.82, 2.24) is 4.98 Å². The monoisotopic (exact) mass is 369 g/mol. The summed E-state index contributed by atoms with van der Waals surface area (Å²) in [7, 11) is 0. The van der Waals surface area contributed by atoms with E-state index in [2.05, 4.69) is 15.0 Å². The third-order valence-corrected chi connectivity index (χ3v) is 4.16. The fourth-order valence-corrected chi connectivity index (χ4v) is 2.10. The van der Waals surface area contributed by atoms with Crippen molar-refractivity contribution in [2.75, 3.05) is 13.2 Å². The van der Waals surface area contributed by atoms with Crippen LogP contribution in [0, 0.1) is 9.49 Å². The summed E-state index contributed by atoms with van der Waals surface area (Å²) in [6.07, 6.45) is 1.42. The lowest BCUT2D eigenvalue weighted by Crippen LogP contribution is -2.38. The summed E-state index contributed by atoms with van der Waals surface area (Å²) in [4.78, 5) is 11.9. The summed E-state index contributed by atoms with van der Waals surface area (Å²) >= 11 is 7.85. The number of rotatable bonds is 3. The molecule has 0 bridgehead atoms. The minimum Gasteiger partial charge on any atom is -0.396 e. The van der Waals surface area contributed by atoms with Crippen LogP contribution in [0.15, 0.2) is 16.2 Å². The van der Waals surface area contributed by atoms with Crippen molar-refractivity contribution in [3.63, 3.8) is 0 Å². The van der Waals surface area contributed by atoms with Crippen LogP contribution in [0.4, 0.5) is 0 Å². The van der Waals surface area contributed by atoms with E-state index in [0.29, 0.717) is 14.0 Å². The first-order valence-corrected chi connectivity index (χ1v) is 6.21. The molecule has 0 saturated heterocycles. The SMILES string of the molecule is OCC(CO)C1(O)N=c2ncc(Cl)c(I)c2=N1. The number of hydrogen-bond acceptors (Lipinski definition) is 6. The van der Waals surface area contributed by atoms with Crippen LogP contribution in [0.2, 0.25) is 5.02 Å². The summed E-state index contributed by atoms with van der Waals surface area (Å²) in [6, 6.07) is 0. The molecule has 1 aliphatic heterocycles. The highest BCUT2D eigenvalue weighted by molar-refractivity contribution is 14.1. The molecule has 0 amide bonds. The predicted octanol–water partition coefficient (Wildman–Crippen LogP) is -1.16. The van der Waals surface area contributed by atoms with Crippen LogP contribution >= 0.6 is 34.2 Å². The van der Waals surface area contributed by atoms with Crippen LogP contribution in [-0.2, 0) is 0 Å². The van der Waals surface area contributed by atoms with Gasteiger partial charge in [-0.1, -0.05) is 11.6 Å². The van der Waals surface area contributed by atoms with Crippen LogP contribution in [0.3, 0.4) is 0 Å². The molecule has 8 heteroatoms. The Morgan fingerprint density at radius 3 is 2.59 bits per heavy atom. The largest absolute Gasteiger partial charge is 0.396 e. The lowest BCUT2D eigenvalue weighted by atomic mass is 10.1. The highest BCUT2D eigenvalue weighted by atomic mass is 127. The molecule has 0 saturated carbocycles. The summed E-state index contributed by atoms with van der Waals surface area (Å²) in [6.45, 7) is -0.864. The zero-order valence-corrected chi connectivity index (χ0v) is 11.4. The van der Waals surface area contributed by atoms with Crippen molar-refractivity contribution < 1.29 is 15.3 Å². The number of pyridine rings is 1. The van der Waals surface area contributed by atoms with E-state index < -0.39 is 25.0 Å². The maximum Gasteiger partial charge on any atom is 0.264 e. The third-order valence-electron chi connectivity index (χ3n) is 2.46. The van der Waals surface area contributed by atoms with E-state index in [1.807, 2.05) is 22.6 Å². The molecule has 3 N–H and O–H groups in total. The molecule has 2 rings (SSSR count). The van der Waals surface area contributed by atoms with Crippen molar-refractivity contribution in [2.24, 2.45) is 15.9 Å². The zero-order chi connectivity index (χ0) is 12.6. The van der Waals surface area contributed by atoms with Crippen molar-refractivity contribution >= 4 is 34.2 Å². The average Bonchev–Trinajstić information content (AvgIpc) is 2.64. The molecule has 1 aliphatic rings. The zero-order valence-electron chi connectivity index (χ0n) is 8.51. The number of aliphatic hydroxyl groups is 3. The number of aromatic nitrogens is 1. The Kier molecular flexibility index (Phi) is 3.64. The van der Waals surface area contributed by atoms with E-state index in [-0.39, 0.29) is 5.49 Å². The summed E-state index contributed by atoms with van der Waals surface area (Å²) < 4.78 is 0.628. The maximum atomic E-state index is 10.1.